The number of carbonyl (C=O) groups excluding carboxylic acids is 2. The third-order valence-corrected chi connectivity index (χ3v) is 2.33. The minimum Gasteiger partial charge on any atom is -0.481 e. The van der Waals surface area contributed by atoms with Crippen LogP contribution in [-0.2, 0) is 14.4 Å². The average molecular weight is 226 g/mol. The summed E-state index contributed by atoms with van der Waals surface area (Å²) in [6, 6.07) is 0. The second-order valence-corrected chi connectivity index (χ2v) is 3.47. The fourth-order valence-corrected chi connectivity index (χ4v) is 1.41. The third kappa shape index (κ3) is 3.72. The fourth-order valence-electron chi connectivity index (χ4n) is 1.41. The second-order valence-electron chi connectivity index (χ2n) is 3.47. The van der Waals surface area contributed by atoms with Gasteiger partial charge in [0.15, 0.2) is 0 Å². The number of piperazine rings is 1. The number of carboxylic acids is 1. The summed E-state index contributed by atoms with van der Waals surface area (Å²) < 4.78 is 0. The molecule has 0 aliphatic carbocycles. The molecule has 1 rings (SSSR count). The van der Waals surface area contributed by atoms with Gasteiger partial charge in [0.1, 0.15) is 0 Å². The van der Waals surface area contributed by atoms with Crippen molar-refractivity contribution in [3.63, 3.8) is 0 Å². The molecule has 1 aliphatic heterocycles. The third-order valence-electron chi connectivity index (χ3n) is 2.33. The highest BCUT2D eigenvalue weighted by molar-refractivity contribution is 5.88. The molecule has 0 aromatic rings. The summed E-state index contributed by atoms with van der Waals surface area (Å²) in [5.41, 5.74) is 0. The summed E-state index contributed by atoms with van der Waals surface area (Å²) in [4.78, 5) is 35.4. The van der Waals surface area contributed by atoms with E-state index in [0.29, 0.717) is 26.2 Å². The van der Waals surface area contributed by atoms with Crippen LogP contribution in [-0.4, -0.2) is 59.4 Å². The number of amides is 2. The first-order valence-electron chi connectivity index (χ1n) is 5.00. The van der Waals surface area contributed by atoms with E-state index in [1.54, 1.807) is 9.80 Å². The molecule has 1 saturated heterocycles. The van der Waals surface area contributed by atoms with Gasteiger partial charge >= 0.3 is 5.97 Å². The molecular weight excluding hydrogens is 212 g/mol. The SMILES string of the molecule is O=CN1CCN(C(=O)/C=C/CC(=O)O)CC1. The number of carbonyl (C=O) groups is 3. The van der Waals surface area contributed by atoms with Crippen LogP contribution in [0.3, 0.4) is 0 Å². The lowest BCUT2D eigenvalue weighted by Gasteiger charge is -2.31. The summed E-state index contributed by atoms with van der Waals surface area (Å²) >= 11 is 0. The summed E-state index contributed by atoms with van der Waals surface area (Å²) in [6.45, 7) is 2.05. The number of nitrogens with zero attached hydrogens (tertiary/aromatic N) is 2. The molecule has 2 amide bonds. The summed E-state index contributed by atoms with van der Waals surface area (Å²) in [5, 5.41) is 8.38. The smallest absolute Gasteiger partial charge is 0.307 e. The van der Waals surface area contributed by atoms with Crippen LogP contribution in [0.2, 0.25) is 0 Å². The van der Waals surface area contributed by atoms with Crippen LogP contribution in [0.4, 0.5) is 0 Å². The zero-order chi connectivity index (χ0) is 12.0. The maximum atomic E-state index is 11.5. The van der Waals surface area contributed by atoms with E-state index in [9.17, 15) is 14.4 Å². The van der Waals surface area contributed by atoms with Gasteiger partial charge in [0, 0.05) is 26.2 Å². The Morgan fingerprint density at radius 1 is 1.19 bits per heavy atom. The molecule has 1 fully saturated rings. The highest BCUT2D eigenvalue weighted by Gasteiger charge is 2.17. The van der Waals surface area contributed by atoms with E-state index in [-0.39, 0.29) is 12.3 Å². The van der Waals surface area contributed by atoms with Gasteiger partial charge in [0.25, 0.3) is 0 Å². The number of carboxylic acid groups (broad SMARTS) is 1. The standard InChI is InChI=1S/C10H14N2O4/c13-8-11-4-6-12(7-5-11)9(14)2-1-3-10(15)16/h1-2,8H,3-7H2,(H,15,16)/b2-1+. The highest BCUT2D eigenvalue weighted by atomic mass is 16.4. The van der Waals surface area contributed by atoms with Gasteiger partial charge in [-0.3, -0.25) is 14.4 Å². The number of aliphatic carboxylic acids is 1. The number of hydrogen-bond acceptors (Lipinski definition) is 3. The molecular formula is C10H14N2O4. The Kier molecular flexibility index (Phi) is 4.50. The Labute approximate surface area is 93.1 Å². The molecule has 6 nitrogen and oxygen atoms in total. The van der Waals surface area contributed by atoms with E-state index in [1.165, 1.54) is 12.2 Å². The minimum atomic E-state index is -0.963. The molecule has 1 N–H and O–H groups in total. The molecule has 0 radical (unpaired) electrons. The van der Waals surface area contributed by atoms with Crippen molar-refractivity contribution in [2.45, 2.75) is 6.42 Å². The highest BCUT2D eigenvalue weighted by Crippen LogP contribution is 2.00. The monoisotopic (exact) mass is 226 g/mol. The van der Waals surface area contributed by atoms with Gasteiger partial charge in [-0.15, -0.1) is 0 Å². The van der Waals surface area contributed by atoms with E-state index in [0.717, 1.165) is 6.41 Å². The first-order chi connectivity index (χ1) is 7.63. The molecule has 0 saturated carbocycles. The van der Waals surface area contributed by atoms with Crippen molar-refractivity contribution in [3.05, 3.63) is 12.2 Å². The van der Waals surface area contributed by atoms with E-state index in [2.05, 4.69) is 0 Å². The molecule has 0 aromatic carbocycles. The topological polar surface area (TPSA) is 77.9 Å². The van der Waals surface area contributed by atoms with E-state index < -0.39 is 5.97 Å². The lowest BCUT2D eigenvalue weighted by molar-refractivity contribution is -0.136. The van der Waals surface area contributed by atoms with Crippen molar-refractivity contribution in [3.8, 4) is 0 Å². The largest absolute Gasteiger partial charge is 0.481 e. The number of rotatable bonds is 4. The van der Waals surface area contributed by atoms with Crippen molar-refractivity contribution < 1.29 is 19.5 Å². The lowest BCUT2D eigenvalue weighted by atomic mass is 10.3. The van der Waals surface area contributed by atoms with Crippen LogP contribution >= 0.6 is 0 Å². The molecule has 0 bridgehead atoms. The molecule has 6 heteroatoms. The van der Waals surface area contributed by atoms with Crippen LogP contribution in [0.5, 0.6) is 0 Å². The maximum absolute atomic E-state index is 11.5. The van der Waals surface area contributed by atoms with Gasteiger partial charge < -0.3 is 14.9 Å². The Morgan fingerprint density at radius 3 is 2.31 bits per heavy atom. The summed E-state index contributed by atoms with van der Waals surface area (Å²) in [7, 11) is 0. The summed E-state index contributed by atoms with van der Waals surface area (Å²) in [5.74, 6) is -1.17. The Hall–Kier alpha value is -1.85. The van der Waals surface area contributed by atoms with Gasteiger partial charge in [-0.25, -0.2) is 0 Å². The van der Waals surface area contributed by atoms with E-state index in [4.69, 9.17) is 5.11 Å². The zero-order valence-electron chi connectivity index (χ0n) is 8.83. The van der Waals surface area contributed by atoms with Crippen LogP contribution in [0.25, 0.3) is 0 Å². The molecule has 0 atom stereocenters. The van der Waals surface area contributed by atoms with E-state index in [1.807, 2.05) is 0 Å². The Morgan fingerprint density at radius 2 is 1.81 bits per heavy atom. The maximum Gasteiger partial charge on any atom is 0.307 e. The number of hydrogen-bond donors (Lipinski definition) is 1. The Bertz CT molecular complexity index is 306. The van der Waals surface area contributed by atoms with Crippen molar-refractivity contribution >= 4 is 18.3 Å². The normalized spacial score (nSPS) is 16.5. The summed E-state index contributed by atoms with van der Waals surface area (Å²) in [6.07, 6.45) is 3.21. The van der Waals surface area contributed by atoms with Gasteiger partial charge in [-0.05, 0) is 6.08 Å². The van der Waals surface area contributed by atoms with Crippen molar-refractivity contribution in [1.82, 2.24) is 9.80 Å². The molecule has 1 aliphatic rings. The molecule has 88 valence electrons. The lowest BCUT2D eigenvalue weighted by Crippen LogP contribution is -2.47. The van der Waals surface area contributed by atoms with Gasteiger partial charge in [-0.2, -0.15) is 0 Å². The molecule has 0 spiro atoms. The van der Waals surface area contributed by atoms with Crippen LogP contribution in [0, 0.1) is 0 Å². The molecule has 0 unspecified atom stereocenters. The van der Waals surface area contributed by atoms with Crippen LogP contribution in [0.15, 0.2) is 12.2 Å². The quantitative estimate of drug-likeness (QED) is 0.509. The second kappa shape index (κ2) is 5.89. The minimum absolute atomic E-state index is 0.153. The molecule has 1 heterocycles. The van der Waals surface area contributed by atoms with Gasteiger partial charge in [0.05, 0.1) is 6.42 Å². The molecule has 0 aromatic heterocycles. The predicted molar refractivity (Wildman–Crippen MR) is 55.6 cm³/mol. The van der Waals surface area contributed by atoms with Gasteiger partial charge in [-0.1, -0.05) is 6.08 Å². The first kappa shape index (κ1) is 12.2. The van der Waals surface area contributed by atoms with Crippen LogP contribution in [0.1, 0.15) is 6.42 Å². The van der Waals surface area contributed by atoms with E-state index >= 15 is 0 Å². The van der Waals surface area contributed by atoms with Gasteiger partial charge in [0.2, 0.25) is 12.3 Å². The average Bonchev–Trinajstić information content (AvgIpc) is 2.28. The Balaban J connectivity index is 2.35. The molecule has 16 heavy (non-hydrogen) atoms. The fraction of sp³-hybridized carbons (Fsp3) is 0.500. The first-order valence-corrected chi connectivity index (χ1v) is 5.00. The van der Waals surface area contributed by atoms with Crippen molar-refractivity contribution in [2.75, 3.05) is 26.2 Å². The predicted octanol–water partition coefficient (Wildman–Crippen LogP) is -0.682. The zero-order valence-corrected chi connectivity index (χ0v) is 8.83. The van der Waals surface area contributed by atoms with Crippen LogP contribution < -0.4 is 0 Å². The van der Waals surface area contributed by atoms with Crippen molar-refractivity contribution in [2.24, 2.45) is 0 Å². The van der Waals surface area contributed by atoms with Crippen molar-refractivity contribution in [1.29, 1.82) is 0 Å².